The van der Waals surface area contributed by atoms with Crippen molar-refractivity contribution in [2.45, 2.75) is 27.1 Å². The second-order valence-corrected chi connectivity index (χ2v) is 7.53. The second-order valence-electron chi connectivity index (χ2n) is 7.53. The van der Waals surface area contributed by atoms with Gasteiger partial charge in [-0.3, -0.25) is 0 Å². The summed E-state index contributed by atoms with van der Waals surface area (Å²) in [4.78, 5) is 24.1. The van der Waals surface area contributed by atoms with Crippen molar-refractivity contribution in [1.29, 1.82) is 0 Å². The largest absolute Gasteiger partial charge is 0.494 e. The quantitative estimate of drug-likeness (QED) is 0.297. The molecule has 0 saturated heterocycles. The number of carbonyl (C=O) groups is 2. The zero-order valence-corrected chi connectivity index (χ0v) is 20.4. The monoisotopic (exact) mass is 494 g/mol. The minimum atomic E-state index is -0.493. The third kappa shape index (κ3) is 9.21. The van der Waals surface area contributed by atoms with Crippen LogP contribution >= 0.6 is 0 Å². The number of benzene rings is 3. The third-order valence-electron chi connectivity index (χ3n) is 4.77. The molecular formula is C28H30O8. The second kappa shape index (κ2) is 14.3. The Balaban J connectivity index is 1.36. The Kier molecular flexibility index (Phi) is 10.5. The molecule has 8 nitrogen and oxygen atoms in total. The molecule has 0 atom stereocenters. The van der Waals surface area contributed by atoms with Crippen molar-refractivity contribution < 1.29 is 38.0 Å². The Morgan fingerprint density at radius 1 is 0.556 bits per heavy atom. The Labute approximate surface area is 210 Å². The molecule has 0 spiro atoms. The summed E-state index contributed by atoms with van der Waals surface area (Å²) in [6.45, 7) is 4.71. The molecule has 0 radical (unpaired) electrons. The smallest absolute Gasteiger partial charge is 0.344 e. The van der Waals surface area contributed by atoms with Crippen molar-refractivity contribution in [3.8, 4) is 23.0 Å². The van der Waals surface area contributed by atoms with Gasteiger partial charge < -0.3 is 28.4 Å². The van der Waals surface area contributed by atoms with Crippen molar-refractivity contribution in [2.75, 3.05) is 26.4 Å². The van der Waals surface area contributed by atoms with Crippen molar-refractivity contribution in [1.82, 2.24) is 0 Å². The topological polar surface area (TPSA) is 89.5 Å². The van der Waals surface area contributed by atoms with Gasteiger partial charge in [-0.1, -0.05) is 18.2 Å². The summed E-state index contributed by atoms with van der Waals surface area (Å²) in [5, 5.41) is 0. The number of hydrogen-bond acceptors (Lipinski definition) is 8. The van der Waals surface area contributed by atoms with E-state index in [1.807, 2.05) is 26.0 Å². The summed E-state index contributed by atoms with van der Waals surface area (Å²) < 4.78 is 32.2. The van der Waals surface area contributed by atoms with Crippen LogP contribution in [0.5, 0.6) is 23.0 Å². The fourth-order valence-corrected chi connectivity index (χ4v) is 3.10. The van der Waals surface area contributed by atoms with Crippen molar-refractivity contribution >= 4 is 11.9 Å². The lowest BCUT2D eigenvalue weighted by Crippen LogP contribution is -2.15. The van der Waals surface area contributed by atoms with Crippen LogP contribution in [0, 0.1) is 0 Å². The van der Waals surface area contributed by atoms with Gasteiger partial charge in [0.2, 0.25) is 0 Å². The first-order valence-corrected chi connectivity index (χ1v) is 11.7. The van der Waals surface area contributed by atoms with Crippen LogP contribution in [0.4, 0.5) is 0 Å². The molecular weight excluding hydrogens is 464 g/mol. The molecule has 3 rings (SSSR count). The molecule has 0 aliphatic carbocycles. The predicted molar refractivity (Wildman–Crippen MR) is 132 cm³/mol. The van der Waals surface area contributed by atoms with Gasteiger partial charge in [-0.2, -0.15) is 0 Å². The fourth-order valence-electron chi connectivity index (χ4n) is 3.10. The molecule has 0 heterocycles. The van der Waals surface area contributed by atoms with Crippen LogP contribution in [0.3, 0.4) is 0 Å². The molecule has 0 N–H and O–H groups in total. The highest BCUT2D eigenvalue weighted by Crippen LogP contribution is 2.18. The van der Waals surface area contributed by atoms with E-state index in [0.717, 1.165) is 22.6 Å². The van der Waals surface area contributed by atoms with Crippen LogP contribution in [0.25, 0.3) is 0 Å². The molecule has 0 aliphatic heterocycles. The highest BCUT2D eigenvalue weighted by atomic mass is 16.6. The van der Waals surface area contributed by atoms with E-state index in [1.165, 1.54) is 0 Å². The van der Waals surface area contributed by atoms with Gasteiger partial charge in [0, 0.05) is 0 Å². The van der Waals surface area contributed by atoms with Crippen LogP contribution in [0.15, 0.2) is 72.8 Å². The molecule has 0 aromatic heterocycles. The molecule has 0 amide bonds. The molecule has 0 aliphatic rings. The summed E-state index contributed by atoms with van der Waals surface area (Å²) in [5.74, 6) is 1.58. The molecule has 0 saturated carbocycles. The van der Waals surface area contributed by atoms with E-state index in [-0.39, 0.29) is 26.4 Å². The third-order valence-corrected chi connectivity index (χ3v) is 4.77. The van der Waals surface area contributed by atoms with Gasteiger partial charge in [-0.15, -0.1) is 0 Å². The van der Waals surface area contributed by atoms with Gasteiger partial charge in [0.1, 0.15) is 36.2 Å². The van der Waals surface area contributed by atoms with E-state index in [0.29, 0.717) is 24.7 Å². The molecule has 0 fully saturated rings. The maximum absolute atomic E-state index is 12.0. The van der Waals surface area contributed by atoms with Crippen molar-refractivity contribution in [3.05, 3.63) is 83.9 Å². The van der Waals surface area contributed by atoms with E-state index in [9.17, 15) is 9.59 Å². The fraction of sp³-hybridized carbons (Fsp3) is 0.286. The molecule has 8 heteroatoms. The van der Waals surface area contributed by atoms with Gasteiger partial charge in [-0.25, -0.2) is 9.59 Å². The minimum absolute atomic E-state index is 0.0775. The average molecular weight is 495 g/mol. The summed E-state index contributed by atoms with van der Waals surface area (Å²) in [7, 11) is 0. The van der Waals surface area contributed by atoms with Crippen LogP contribution in [-0.2, 0) is 32.3 Å². The predicted octanol–water partition coefficient (Wildman–Crippen LogP) is 4.73. The first kappa shape index (κ1) is 26.4. The Hall–Kier alpha value is -4.20. The van der Waals surface area contributed by atoms with Crippen LogP contribution in [0.2, 0.25) is 0 Å². The van der Waals surface area contributed by atoms with Crippen molar-refractivity contribution in [2.24, 2.45) is 0 Å². The van der Waals surface area contributed by atoms with Gasteiger partial charge in [-0.05, 0) is 79.6 Å². The van der Waals surface area contributed by atoms with Crippen LogP contribution in [0.1, 0.15) is 25.0 Å². The van der Waals surface area contributed by atoms with E-state index in [4.69, 9.17) is 28.4 Å². The molecule has 0 bridgehead atoms. The van der Waals surface area contributed by atoms with Crippen LogP contribution < -0.4 is 18.9 Å². The first-order valence-electron chi connectivity index (χ1n) is 11.7. The van der Waals surface area contributed by atoms with E-state index in [1.54, 1.807) is 60.7 Å². The van der Waals surface area contributed by atoms with Gasteiger partial charge in [0.15, 0.2) is 13.2 Å². The minimum Gasteiger partial charge on any atom is -0.494 e. The Morgan fingerprint density at radius 2 is 0.917 bits per heavy atom. The number of esters is 2. The Morgan fingerprint density at radius 3 is 1.28 bits per heavy atom. The highest BCUT2D eigenvalue weighted by Gasteiger charge is 2.08. The molecule has 190 valence electrons. The number of hydrogen-bond donors (Lipinski definition) is 0. The number of ether oxygens (including phenoxy) is 6. The molecule has 36 heavy (non-hydrogen) atoms. The van der Waals surface area contributed by atoms with E-state index >= 15 is 0 Å². The van der Waals surface area contributed by atoms with E-state index < -0.39 is 11.9 Å². The van der Waals surface area contributed by atoms with Gasteiger partial charge in [0.05, 0.1) is 13.2 Å². The SMILES string of the molecule is CCOc1ccc(OCC(=O)OCc2cccc(COC(=O)COc3ccc(OCC)cc3)c2)cc1. The van der Waals surface area contributed by atoms with Crippen LogP contribution in [-0.4, -0.2) is 38.4 Å². The number of carbonyl (C=O) groups excluding carboxylic acids is 2. The number of rotatable bonds is 14. The lowest BCUT2D eigenvalue weighted by molar-refractivity contribution is -0.147. The normalized spacial score (nSPS) is 10.3. The van der Waals surface area contributed by atoms with E-state index in [2.05, 4.69) is 0 Å². The highest BCUT2D eigenvalue weighted by molar-refractivity contribution is 5.71. The van der Waals surface area contributed by atoms with Gasteiger partial charge >= 0.3 is 11.9 Å². The maximum Gasteiger partial charge on any atom is 0.344 e. The zero-order valence-electron chi connectivity index (χ0n) is 20.4. The summed E-state index contributed by atoms with van der Waals surface area (Å²) in [6, 6.07) is 21.3. The molecule has 3 aromatic rings. The zero-order chi connectivity index (χ0) is 25.6. The lowest BCUT2D eigenvalue weighted by atomic mass is 10.1. The standard InChI is InChI=1S/C28H30O8/c1-3-31-23-8-12-25(13-9-23)33-19-27(29)35-17-21-6-5-7-22(16-21)18-36-28(30)20-34-26-14-10-24(11-15-26)32-4-2/h5-16H,3-4,17-20H2,1-2H3. The summed E-state index contributed by atoms with van der Waals surface area (Å²) in [6.07, 6.45) is 0. The summed E-state index contributed by atoms with van der Waals surface area (Å²) >= 11 is 0. The summed E-state index contributed by atoms with van der Waals surface area (Å²) in [5.41, 5.74) is 1.53. The lowest BCUT2D eigenvalue weighted by Gasteiger charge is -2.10. The Bertz CT molecular complexity index is 1010. The molecule has 0 unspecified atom stereocenters. The average Bonchev–Trinajstić information content (AvgIpc) is 2.90. The maximum atomic E-state index is 12.0. The van der Waals surface area contributed by atoms with Crippen molar-refractivity contribution in [3.63, 3.8) is 0 Å². The molecule has 3 aromatic carbocycles. The van der Waals surface area contributed by atoms with Gasteiger partial charge in [0.25, 0.3) is 0 Å². The first-order chi connectivity index (χ1) is 17.6.